The Morgan fingerprint density at radius 1 is 1.44 bits per heavy atom. The first kappa shape index (κ1) is 12.8. The first-order valence-corrected chi connectivity index (χ1v) is 6.29. The van der Waals surface area contributed by atoms with E-state index in [1.54, 1.807) is 6.20 Å². The van der Waals surface area contributed by atoms with Crippen molar-refractivity contribution in [1.82, 2.24) is 4.98 Å². The van der Waals surface area contributed by atoms with E-state index in [1.165, 1.54) is 12.3 Å². The normalized spacial score (nSPS) is 15.8. The van der Waals surface area contributed by atoms with Gasteiger partial charge >= 0.3 is 5.97 Å². The molecule has 0 atom stereocenters. The number of hydrogen-bond acceptors (Lipinski definition) is 4. The molecule has 0 aromatic carbocycles. The first-order chi connectivity index (χ1) is 8.74. The molecule has 0 aliphatic heterocycles. The van der Waals surface area contributed by atoms with Crippen LogP contribution in [0.2, 0.25) is 0 Å². The van der Waals surface area contributed by atoms with Crippen molar-refractivity contribution in [1.29, 1.82) is 0 Å². The number of nitrogens with zero attached hydrogens (tertiary/aromatic N) is 2. The van der Waals surface area contributed by atoms with Gasteiger partial charge in [-0.25, -0.2) is 4.79 Å². The average molecular weight is 250 g/mol. The van der Waals surface area contributed by atoms with Crippen LogP contribution < -0.4 is 4.90 Å². The van der Waals surface area contributed by atoms with E-state index in [2.05, 4.69) is 4.98 Å². The van der Waals surface area contributed by atoms with Crippen LogP contribution in [0.4, 0.5) is 5.69 Å². The van der Waals surface area contributed by atoms with E-state index in [-0.39, 0.29) is 12.2 Å². The number of carboxylic acid groups (broad SMARTS) is 1. The van der Waals surface area contributed by atoms with E-state index >= 15 is 0 Å². The smallest absolute Gasteiger partial charge is 0.337 e. The Morgan fingerprint density at radius 3 is 2.78 bits per heavy atom. The molecule has 1 heterocycles. The minimum Gasteiger partial charge on any atom is -0.478 e. The van der Waals surface area contributed by atoms with Crippen molar-refractivity contribution in [3.05, 3.63) is 24.0 Å². The summed E-state index contributed by atoms with van der Waals surface area (Å²) in [7, 11) is 0. The average Bonchev–Trinajstić information content (AvgIpc) is 2.89. The number of aromatic carboxylic acids is 1. The third-order valence-corrected chi connectivity index (χ3v) is 3.45. The topological polar surface area (TPSA) is 73.7 Å². The van der Waals surface area contributed by atoms with Gasteiger partial charge in [-0.05, 0) is 18.9 Å². The number of hydrogen-bond donors (Lipinski definition) is 2. The highest BCUT2D eigenvalue weighted by Crippen LogP contribution is 2.29. The summed E-state index contributed by atoms with van der Waals surface area (Å²) in [5, 5.41) is 18.4. The van der Waals surface area contributed by atoms with Crippen LogP contribution in [0.1, 0.15) is 36.0 Å². The molecule has 5 nitrogen and oxygen atoms in total. The molecule has 0 unspecified atom stereocenters. The maximum atomic E-state index is 11.2. The summed E-state index contributed by atoms with van der Waals surface area (Å²) in [4.78, 5) is 17.2. The van der Waals surface area contributed by atoms with Gasteiger partial charge in [0.2, 0.25) is 0 Å². The molecule has 0 spiro atoms. The summed E-state index contributed by atoms with van der Waals surface area (Å²) in [5.74, 6) is -0.951. The van der Waals surface area contributed by atoms with E-state index in [4.69, 9.17) is 0 Å². The molecule has 0 saturated heterocycles. The molecule has 1 fully saturated rings. The van der Waals surface area contributed by atoms with E-state index in [0.717, 1.165) is 25.7 Å². The van der Waals surface area contributed by atoms with Crippen molar-refractivity contribution in [3.8, 4) is 0 Å². The second-order valence-electron chi connectivity index (χ2n) is 4.55. The number of pyridine rings is 1. The van der Waals surface area contributed by atoms with Gasteiger partial charge in [-0.2, -0.15) is 0 Å². The largest absolute Gasteiger partial charge is 0.478 e. The summed E-state index contributed by atoms with van der Waals surface area (Å²) in [6.45, 7) is 0.473. The van der Waals surface area contributed by atoms with Gasteiger partial charge in [0, 0.05) is 18.8 Å². The minimum absolute atomic E-state index is 0.0183. The van der Waals surface area contributed by atoms with Crippen molar-refractivity contribution in [2.24, 2.45) is 0 Å². The number of aromatic nitrogens is 1. The lowest BCUT2D eigenvalue weighted by Gasteiger charge is -2.31. The van der Waals surface area contributed by atoms with Crippen LogP contribution in [0, 0.1) is 0 Å². The van der Waals surface area contributed by atoms with Gasteiger partial charge < -0.3 is 15.1 Å². The van der Waals surface area contributed by atoms with Crippen molar-refractivity contribution in [2.45, 2.75) is 31.7 Å². The lowest BCUT2D eigenvalue weighted by molar-refractivity contribution is 0.0697. The fourth-order valence-electron chi connectivity index (χ4n) is 2.62. The molecule has 2 rings (SSSR count). The zero-order valence-electron chi connectivity index (χ0n) is 10.2. The molecule has 1 aromatic heterocycles. The van der Waals surface area contributed by atoms with Crippen molar-refractivity contribution in [2.75, 3.05) is 18.1 Å². The summed E-state index contributed by atoms with van der Waals surface area (Å²) in [6, 6.07) is 1.83. The van der Waals surface area contributed by atoms with Gasteiger partial charge in [-0.15, -0.1) is 0 Å². The summed E-state index contributed by atoms with van der Waals surface area (Å²) >= 11 is 0. The number of aliphatic hydroxyl groups is 1. The maximum Gasteiger partial charge on any atom is 0.337 e. The number of carbonyl (C=O) groups is 1. The molecular weight excluding hydrogens is 232 g/mol. The molecule has 0 amide bonds. The Kier molecular flexibility index (Phi) is 4.15. The van der Waals surface area contributed by atoms with Gasteiger partial charge in [-0.3, -0.25) is 4.98 Å². The zero-order chi connectivity index (χ0) is 13.0. The van der Waals surface area contributed by atoms with Crippen LogP contribution in [0.3, 0.4) is 0 Å². The van der Waals surface area contributed by atoms with Crippen LogP contribution in [-0.4, -0.2) is 40.4 Å². The van der Waals surface area contributed by atoms with Crippen molar-refractivity contribution < 1.29 is 15.0 Å². The monoisotopic (exact) mass is 250 g/mol. The minimum atomic E-state index is -0.951. The number of aliphatic hydroxyl groups excluding tert-OH is 1. The molecular formula is C13H18N2O3. The Bertz CT molecular complexity index is 416. The predicted octanol–water partition coefficient (Wildman–Crippen LogP) is 1.52. The van der Waals surface area contributed by atoms with Crippen LogP contribution in [0.15, 0.2) is 18.5 Å². The Morgan fingerprint density at radius 2 is 2.17 bits per heavy atom. The third-order valence-electron chi connectivity index (χ3n) is 3.45. The Hall–Kier alpha value is -1.62. The molecule has 2 N–H and O–H groups in total. The molecule has 5 heteroatoms. The molecule has 1 saturated carbocycles. The summed E-state index contributed by atoms with van der Waals surface area (Å²) in [5.41, 5.74) is 0.872. The molecule has 1 aliphatic rings. The van der Waals surface area contributed by atoms with Crippen molar-refractivity contribution >= 4 is 11.7 Å². The number of rotatable bonds is 5. The number of anilines is 1. The first-order valence-electron chi connectivity index (χ1n) is 6.29. The van der Waals surface area contributed by atoms with Gasteiger partial charge in [0.1, 0.15) is 0 Å². The Balaban J connectivity index is 2.32. The molecule has 18 heavy (non-hydrogen) atoms. The second kappa shape index (κ2) is 5.82. The highest BCUT2D eigenvalue weighted by atomic mass is 16.4. The fraction of sp³-hybridized carbons (Fsp3) is 0.538. The SMILES string of the molecule is O=C(O)c1ccncc1N(CCO)C1CCCC1. The van der Waals surface area contributed by atoms with Gasteiger partial charge in [0.05, 0.1) is 24.1 Å². The van der Waals surface area contributed by atoms with E-state index in [1.807, 2.05) is 4.90 Å². The lowest BCUT2D eigenvalue weighted by atomic mass is 10.1. The third kappa shape index (κ3) is 2.61. The molecule has 0 radical (unpaired) electrons. The molecule has 98 valence electrons. The van der Waals surface area contributed by atoms with Gasteiger partial charge in [0.15, 0.2) is 0 Å². The van der Waals surface area contributed by atoms with Crippen LogP contribution in [0.25, 0.3) is 0 Å². The van der Waals surface area contributed by atoms with Crippen LogP contribution >= 0.6 is 0 Å². The quantitative estimate of drug-likeness (QED) is 0.828. The standard InChI is InChI=1S/C13H18N2O3/c16-8-7-15(10-3-1-2-4-10)12-9-14-6-5-11(12)13(17)18/h5-6,9-10,16H,1-4,7-8H2,(H,17,18). The molecule has 0 bridgehead atoms. The highest BCUT2D eigenvalue weighted by Gasteiger charge is 2.25. The fourth-order valence-corrected chi connectivity index (χ4v) is 2.62. The Labute approximate surface area is 106 Å². The van der Waals surface area contributed by atoms with Gasteiger partial charge in [-0.1, -0.05) is 12.8 Å². The zero-order valence-corrected chi connectivity index (χ0v) is 10.2. The second-order valence-corrected chi connectivity index (χ2v) is 4.55. The van der Waals surface area contributed by atoms with Crippen molar-refractivity contribution in [3.63, 3.8) is 0 Å². The molecule has 1 aromatic rings. The predicted molar refractivity (Wildman–Crippen MR) is 67.9 cm³/mol. The number of carboxylic acids is 1. The highest BCUT2D eigenvalue weighted by molar-refractivity contribution is 5.94. The summed E-state index contributed by atoms with van der Waals surface area (Å²) in [6.07, 6.45) is 7.49. The molecule has 1 aliphatic carbocycles. The summed E-state index contributed by atoms with van der Waals surface area (Å²) < 4.78 is 0. The van der Waals surface area contributed by atoms with Crippen LogP contribution in [0.5, 0.6) is 0 Å². The van der Waals surface area contributed by atoms with E-state index in [9.17, 15) is 15.0 Å². The van der Waals surface area contributed by atoms with Crippen LogP contribution in [-0.2, 0) is 0 Å². The maximum absolute atomic E-state index is 11.2. The van der Waals surface area contributed by atoms with E-state index < -0.39 is 5.97 Å². The van der Waals surface area contributed by atoms with Gasteiger partial charge in [0.25, 0.3) is 0 Å². The lowest BCUT2D eigenvalue weighted by Crippen LogP contribution is -2.36. The van der Waals surface area contributed by atoms with E-state index in [0.29, 0.717) is 18.3 Å².